The highest BCUT2D eigenvalue weighted by Crippen LogP contribution is 2.04. The highest BCUT2D eigenvalue weighted by atomic mass is 16.5. The van der Waals surface area contributed by atoms with Crippen LogP contribution in [0.4, 0.5) is 0 Å². The molecular weight excluding hydrogens is 182 g/mol. The van der Waals surface area contributed by atoms with Gasteiger partial charge in [0.15, 0.2) is 0 Å². The number of methoxy groups -OCH3 is 1. The quantitative estimate of drug-likeness (QED) is 0.681. The van der Waals surface area contributed by atoms with Crippen molar-refractivity contribution >= 4 is 5.97 Å². The Balaban J connectivity index is 2.77. The Hall–Kier alpha value is -1.42. The summed E-state index contributed by atoms with van der Waals surface area (Å²) in [6.07, 6.45) is 1.57. The zero-order valence-electron chi connectivity index (χ0n) is 8.32. The van der Waals surface area contributed by atoms with Gasteiger partial charge < -0.3 is 9.47 Å². The lowest BCUT2D eigenvalue weighted by atomic mass is 10.2. The molecule has 0 aliphatic rings. The van der Waals surface area contributed by atoms with Gasteiger partial charge in [-0.05, 0) is 19.1 Å². The van der Waals surface area contributed by atoms with Gasteiger partial charge >= 0.3 is 5.97 Å². The van der Waals surface area contributed by atoms with Crippen LogP contribution < -0.4 is 0 Å². The molecule has 76 valence electrons. The first kappa shape index (κ1) is 10.7. The highest BCUT2D eigenvalue weighted by molar-refractivity contribution is 5.89. The van der Waals surface area contributed by atoms with Crippen LogP contribution in [0.1, 0.15) is 23.0 Å². The first-order chi connectivity index (χ1) is 6.77. The fourth-order valence-corrected chi connectivity index (χ4v) is 1.05. The van der Waals surface area contributed by atoms with E-state index in [2.05, 4.69) is 4.98 Å². The second kappa shape index (κ2) is 5.34. The van der Waals surface area contributed by atoms with Crippen molar-refractivity contribution in [2.24, 2.45) is 0 Å². The molecule has 1 heterocycles. The Labute approximate surface area is 82.9 Å². The zero-order chi connectivity index (χ0) is 10.4. The van der Waals surface area contributed by atoms with Crippen LogP contribution in [0.25, 0.3) is 0 Å². The lowest BCUT2D eigenvalue weighted by Gasteiger charge is -2.03. The van der Waals surface area contributed by atoms with E-state index in [0.29, 0.717) is 18.8 Å². The minimum absolute atomic E-state index is 0.327. The Morgan fingerprint density at radius 3 is 3.00 bits per heavy atom. The van der Waals surface area contributed by atoms with Gasteiger partial charge in [0.1, 0.15) is 0 Å². The number of hydrogen-bond acceptors (Lipinski definition) is 4. The maximum absolute atomic E-state index is 11.3. The Morgan fingerprint density at radius 2 is 2.36 bits per heavy atom. The molecule has 4 heteroatoms. The van der Waals surface area contributed by atoms with Crippen molar-refractivity contribution in [3.8, 4) is 0 Å². The van der Waals surface area contributed by atoms with E-state index in [1.165, 1.54) is 0 Å². The lowest BCUT2D eigenvalue weighted by Crippen LogP contribution is -2.06. The Bertz CT molecular complexity index is 312. The van der Waals surface area contributed by atoms with Gasteiger partial charge in [0, 0.05) is 13.3 Å². The van der Waals surface area contributed by atoms with Crippen molar-refractivity contribution in [2.75, 3.05) is 13.7 Å². The van der Waals surface area contributed by atoms with Crippen LogP contribution in [0.2, 0.25) is 0 Å². The van der Waals surface area contributed by atoms with Gasteiger partial charge in [0.2, 0.25) is 0 Å². The summed E-state index contributed by atoms with van der Waals surface area (Å²) in [4.78, 5) is 15.3. The molecule has 0 atom stereocenters. The molecule has 0 aromatic carbocycles. The molecule has 0 saturated carbocycles. The Kier molecular flexibility index (Phi) is 4.07. The van der Waals surface area contributed by atoms with Crippen LogP contribution in [0, 0.1) is 0 Å². The topological polar surface area (TPSA) is 48.4 Å². The van der Waals surface area contributed by atoms with E-state index in [9.17, 15) is 4.79 Å². The van der Waals surface area contributed by atoms with Gasteiger partial charge in [-0.15, -0.1) is 0 Å². The fraction of sp³-hybridized carbons (Fsp3) is 0.400. The molecule has 0 unspecified atom stereocenters. The smallest absolute Gasteiger partial charge is 0.338 e. The minimum Gasteiger partial charge on any atom is -0.462 e. The van der Waals surface area contributed by atoms with E-state index in [-0.39, 0.29) is 5.97 Å². The number of ether oxygens (including phenoxy) is 2. The summed E-state index contributed by atoms with van der Waals surface area (Å²) in [5.41, 5.74) is 1.23. The summed E-state index contributed by atoms with van der Waals surface area (Å²) in [5, 5.41) is 0. The third-order valence-electron chi connectivity index (χ3n) is 1.62. The molecule has 0 aliphatic carbocycles. The zero-order valence-corrected chi connectivity index (χ0v) is 8.32. The molecule has 1 aromatic heterocycles. The Morgan fingerprint density at radius 1 is 1.57 bits per heavy atom. The van der Waals surface area contributed by atoms with E-state index in [0.717, 1.165) is 5.69 Å². The van der Waals surface area contributed by atoms with Gasteiger partial charge in [-0.3, -0.25) is 4.98 Å². The summed E-state index contributed by atoms with van der Waals surface area (Å²) in [7, 11) is 1.58. The summed E-state index contributed by atoms with van der Waals surface area (Å²) < 4.78 is 9.76. The lowest BCUT2D eigenvalue weighted by molar-refractivity contribution is 0.0526. The maximum atomic E-state index is 11.3. The SMILES string of the molecule is CCOC(=O)c1ccnc(COC)c1. The van der Waals surface area contributed by atoms with Gasteiger partial charge in [-0.1, -0.05) is 0 Å². The molecule has 4 nitrogen and oxygen atoms in total. The van der Waals surface area contributed by atoms with Gasteiger partial charge in [-0.25, -0.2) is 4.79 Å². The molecule has 0 spiro atoms. The summed E-state index contributed by atoms with van der Waals surface area (Å²) in [6, 6.07) is 3.29. The van der Waals surface area contributed by atoms with Crippen molar-refractivity contribution in [1.29, 1.82) is 0 Å². The van der Waals surface area contributed by atoms with Crippen molar-refractivity contribution in [2.45, 2.75) is 13.5 Å². The van der Waals surface area contributed by atoms with E-state index in [4.69, 9.17) is 9.47 Å². The van der Waals surface area contributed by atoms with E-state index in [1.807, 2.05) is 0 Å². The number of pyridine rings is 1. The number of aromatic nitrogens is 1. The molecule has 1 rings (SSSR count). The van der Waals surface area contributed by atoms with Crippen molar-refractivity contribution in [1.82, 2.24) is 4.98 Å². The third kappa shape index (κ3) is 2.81. The van der Waals surface area contributed by atoms with E-state index >= 15 is 0 Å². The van der Waals surface area contributed by atoms with Crippen LogP contribution in [0.3, 0.4) is 0 Å². The molecular formula is C10H13NO3. The fourth-order valence-electron chi connectivity index (χ4n) is 1.05. The molecule has 0 saturated heterocycles. The first-order valence-electron chi connectivity index (χ1n) is 4.39. The monoisotopic (exact) mass is 195 g/mol. The number of carbonyl (C=O) groups is 1. The van der Waals surface area contributed by atoms with E-state index in [1.54, 1.807) is 32.4 Å². The van der Waals surface area contributed by atoms with Crippen LogP contribution in [0.5, 0.6) is 0 Å². The van der Waals surface area contributed by atoms with Gasteiger partial charge in [0.05, 0.1) is 24.5 Å². The minimum atomic E-state index is -0.327. The van der Waals surface area contributed by atoms with Crippen LogP contribution >= 0.6 is 0 Å². The summed E-state index contributed by atoms with van der Waals surface area (Å²) >= 11 is 0. The predicted octanol–water partition coefficient (Wildman–Crippen LogP) is 1.40. The standard InChI is InChI=1S/C10H13NO3/c1-3-14-10(12)8-4-5-11-9(6-8)7-13-2/h4-6H,3,7H2,1-2H3. The summed E-state index contributed by atoms with van der Waals surface area (Å²) in [5.74, 6) is -0.327. The molecule has 0 radical (unpaired) electrons. The number of nitrogens with zero attached hydrogens (tertiary/aromatic N) is 1. The number of carbonyl (C=O) groups excluding carboxylic acids is 1. The molecule has 0 fully saturated rings. The second-order valence-corrected chi connectivity index (χ2v) is 2.69. The number of rotatable bonds is 4. The van der Waals surface area contributed by atoms with Crippen molar-refractivity contribution < 1.29 is 14.3 Å². The second-order valence-electron chi connectivity index (χ2n) is 2.69. The highest BCUT2D eigenvalue weighted by Gasteiger charge is 2.06. The van der Waals surface area contributed by atoms with Crippen LogP contribution in [0.15, 0.2) is 18.3 Å². The molecule has 14 heavy (non-hydrogen) atoms. The molecule has 0 bridgehead atoms. The molecule has 0 N–H and O–H groups in total. The number of hydrogen-bond donors (Lipinski definition) is 0. The van der Waals surface area contributed by atoms with Crippen molar-refractivity contribution in [3.63, 3.8) is 0 Å². The summed E-state index contributed by atoms with van der Waals surface area (Å²) in [6.45, 7) is 2.54. The van der Waals surface area contributed by atoms with Crippen LogP contribution in [-0.4, -0.2) is 24.7 Å². The first-order valence-corrected chi connectivity index (χ1v) is 4.39. The largest absolute Gasteiger partial charge is 0.462 e. The average molecular weight is 195 g/mol. The molecule has 1 aromatic rings. The van der Waals surface area contributed by atoms with Gasteiger partial charge in [-0.2, -0.15) is 0 Å². The average Bonchev–Trinajstić information content (AvgIpc) is 2.19. The molecule has 0 amide bonds. The van der Waals surface area contributed by atoms with Gasteiger partial charge in [0.25, 0.3) is 0 Å². The van der Waals surface area contributed by atoms with Crippen LogP contribution in [-0.2, 0) is 16.1 Å². The predicted molar refractivity (Wildman–Crippen MR) is 50.9 cm³/mol. The molecule has 0 aliphatic heterocycles. The maximum Gasteiger partial charge on any atom is 0.338 e. The number of esters is 1. The van der Waals surface area contributed by atoms with E-state index < -0.39 is 0 Å². The normalized spacial score (nSPS) is 9.86. The third-order valence-corrected chi connectivity index (χ3v) is 1.62. The van der Waals surface area contributed by atoms with Crippen molar-refractivity contribution in [3.05, 3.63) is 29.6 Å².